The lowest BCUT2D eigenvalue weighted by molar-refractivity contribution is -0.138. The van der Waals surface area contributed by atoms with Crippen LogP contribution in [0.3, 0.4) is 0 Å². The number of hydrogen-bond acceptors (Lipinski definition) is 6. The topological polar surface area (TPSA) is 62.1 Å². The molecule has 0 aromatic heterocycles. The molecule has 5 nitrogen and oxygen atoms in total. The van der Waals surface area contributed by atoms with Crippen LogP contribution in [-0.2, 0) is 9.53 Å². The molecule has 1 aromatic carbocycles. The van der Waals surface area contributed by atoms with E-state index in [9.17, 15) is 9.90 Å². The average molecular weight is 318 g/mol. The van der Waals surface area contributed by atoms with Crippen molar-refractivity contribution in [3.8, 4) is 0 Å². The Balaban J connectivity index is 2.45. The molecule has 1 aliphatic rings. The van der Waals surface area contributed by atoms with E-state index in [1.807, 2.05) is 44.4 Å². The van der Waals surface area contributed by atoms with Crippen molar-refractivity contribution in [2.24, 2.45) is 4.99 Å². The molecule has 1 aliphatic heterocycles. The van der Waals surface area contributed by atoms with Crippen molar-refractivity contribution >= 4 is 28.5 Å². The third-order valence-corrected chi connectivity index (χ3v) is 3.74. The molecule has 116 valence electrons. The second kappa shape index (κ2) is 7.17. The van der Waals surface area contributed by atoms with E-state index >= 15 is 0 Å². The molecule has 0 aliphatic carbocycles. The first kappa shape index (κ1) is 16.2. The van der Waals surface area contributed by atoms with Gasteiger partial charge in [0.25, 0.3) is 0 Å². The van der Waals surface area contributed by atoms with Crippen LogP contribution in [0.15, 0.2) is 57.8 Å². The van der Waals surface area contributed by atoms with Crippen LogP contribution in [0.2, 0.25) is 0 Å². The van der Waals surface area contributed by atoms with Gasteiger partial charge in [-0.1, -0.05) is 30.0 Å². The zero-order chi connectivity index (χ0) is 16.1. The van der Waals surface area contributed by atoms with Gasteiger partial charge in [-0.25, -0.2) is 9.79 Å². The summed E-state index contributed by atoms with van der Waals surface area (Å²) in [5.74, 6) is -0.656. The Bertz CT molecular complexity index is 649. The Morgan fingerprint density at radius 2 is 2.05 bits per heavy atom. The number of aliphatic hydroxyl groups is 1. The molecule has 0 radical (unpaired) electrons. The van der Waals surface area contributed by atoms with Crippen molar-refractivity contribution in [1.82, 2.24) is 4.90 Å². The number of hydrogen-bond donors (Lipinski definition) is 1. The maximum Gasteiger partial charge on any atom is 0.344 e. The Kier molecular flexibility index (Phi) is 5.27. The summed E-state index contributed by atoms with van der Waals surface area (Å²) in [6.45, 7) is 1.97. The van der Waals surface area contributed by atoms with Crippen molar-refractivity contribution in [2.75, 3.05) is 20.7 Å². The molecule has 2 rings (SSSR count). The first-order chi connectivity index (χ1) is 10.5. The Labute approximate surface area is 134 Å². The number of rotatable bonds is 4. The number of carbonyl (C=O) groups excluding carboxylic acids is 1. The molecule has 0 fully saturated rings. The van der Waals surface area contributed by atoms with Gasteiger partial charge in [-0.05, 0) is 19.1 Å². The van der Waals surface area contributed by atoms with Gasteiger partial charge in [0, 0.05) is 20.3 Å². The molecule has 0 bridgehead atoms. The maximum absolute atomic E-state index is 12.1. The summed E-state index contributed by atoms with van der Waals surface area (Å²) in [6, 6.07) is 9.29. The number of ether oxygens (including phenoxy) is 1. The number of carbonyl (C=O) groups is 1. The van der Waals surface area contributed by atoms with Gasteiger partial charge in [0.15, 0.2) is 0 Å². The van der Waals surface area contributed by atoms with E-state index in [1.54, 1.807) is 18.0 Å². The minimum Gasteiger partial charge on any atom is -0.506 e. The van der Waals surface area contributed by atoms with E-state index in [2.05, 4.69) is 4.99 Å². The van der Waals surface area contributed by atoms with E-state index in [-0.39, 0.29) is 17.9 Å². The van der Waals surface area contributed by atoms with Crippen molar-refractivity contribution in [3.05, 3.63) is 52.8 Å². The van der Waals surface area contributed by atoms with E-state index < -0.39 is 5.97 Å². The molecule has 0 unspecified atom stereocenters. The summed E-state index contributed by atoms with van der Waals surface area (Å²) in [5, 5.41) is 10.8. The first-order valence-electron chi connectivity index (χ1n) is 6.84. The number of benzene rings is 1. The van der Waals surface area contributed by atoms with Gasteiger partial charge in [-0.15, -0.1) is 0 Å². The smallest absolute Gasteiger partial charge is 0.344 e. The fourth-order valence-electron chi connectivity index (χ4n) is 1.84. The minimum absolute atomic E-state index is 0.0909. The lowest BCUT2D eigenvalue weighted by Gasteiger charge is -2.06. The molecule has 1 aromatic rings. The zero-order valence-corrected chi connectivity index (χ0v) is 13.6. The molecule has 1 N–H and O–H groups in total. The molecule has 0 saturated carbocycles. The van der Waals surface area contributed by atoms with Crippen molar-refractivity contribution in [3.63, 3.8) is 0 Å². The van der Waals surface area contributed by atoms with Crippen molar-refractivity contribution < 1.29 is 14.6 Å². The highest BCUT2D eigenvalue weighted by molar-refractivity contribution is 8.18. The van der Waals surface area contributed by atoms with Gasteiger partial charge in [0.2, 0.25) is 0 Å². The average Bonchev–Trinajstić information content (AvgIpc) is 2.75. The molecule has 0 spiro atoms. The largest absolute Gasteiger partial charge is 0.506 e. The summed E-state index contributed by atoms with van der Waals surface area (Å²) in [7, 11) is 3.69. The second-order valence-electron chi connectivity index (χ2n) is 4.76. The number of nitrogens with zero attached hydrogens (tertiary/aromatic N) is 2. The molecular weight excluding hydrogens is 300 g/mol. The lowest BCUT2D eigenvalue weighted by Crippen LogP contribution is -2.12. The van der Waals surface area contributed by atoms with Crippen LogP contribution >= 0.6 is 11.8 Å². The number of esters is 1. The highest BCUT2D eigenvalue weighted by Crippen LogP contribution is 2.39. The van der Waals surface area contributed by atoms with Crippen LogP contribution in [0.25, 0.3) is 0 Å². The highest BCUT2D eigenvalue weighted by atomic mass is 32.2. The fourth-order valence-corrected chi connectivity index (χ4v) is 2.94. The van der Waals surface area contributed by atoms with E-state index in [0.717, 1.165) is 0 Å². The third kappa shape index (κ3) is 3.71. The van der Waals surface area contributed by atoms with Gasteiger partial charge >= 0.3 is 5.97 Å². The Morgan fingerprint density at radius 1 is 1.36 bits per heavy atom. The maximum atomic E-state index is 12.1. The molecule has 0 amide bonds. The standard InChI is InChI=1S/C16H18N2O3S/c1-4-21-16(20)13-14(19)12(10-18(2)3)22-15(13)17-11-8-6-5-7-9-11/h5-10,19H,4H2,1-3H3. The van der Waals surface area contributed by atoms with Crippen molar-refractivity contribution in [2.45, 2.75) is 6.92 Å². The summed E-state index contributed by atoms with van der Waals surface area (Å²) < 4.78 is 5.03. The van der Waals surface area contributed by atoms with Gasteiger partial charge in [-0.2, -0.15) is 0 Å². The van der Waals surface area contributed by atoms with E-state index in [4.69, 9.17) is 4.74 Å². The number of para-hydroxylation sites is 1. The van der Waals surface area contributed by atoms with Gasteiger partial charge in [0.05, 0.1) is 17.2 Å². The minimum atomic E-state index is -0.565. The van der Waals surface area contributed by atoms with Gasteiger partial charge in [0.1, 0.15) is 16.4 Å². The van der Waals surface area contributed by atoms with Gasteiger partial charge < -0.3 is 14.7 Å². The monoisotopic (exact) mass is 318 g/mol. The normalized spacial score (nSPS) is 18.1. The number of aliphatic hydroxyl groups excluding tert-OH is 1. The first-order valence-corrected chi connectivity index (χ1v) is 7.65. The summed E-state index contributed by atoms with van der Waals surface area (Å²) in [5.41, 5.74) is 0.828. The molecule has 0 atom stereocenters. The summed E-state index contributed by atoms with van der Waals surface area (Å²) in [6.07, 6.45) is 1.74. The van der Waals surface area contributed by atoms with Crippen LogP contribution in [-0.4, -0.2) is 41.7 Å². The molecule has 0 saturated heterocycles. The molecular formula is C16H18N2O3S. The third-order valence-electron chi connectivity index (χ3n) is 2.73. The van der Waals surface area contributed by atoms with Crippen LogP contribution in [0.5, 0.6) is 0 Å². The lowest BCUT2D eigenvalue weighted by atomic mass is 10.2. The SMILES string of the molecule is CCOC(=O)C1=C(O)C(=CN(C)C)SC1=Nc1ccccc1. The molecule has 6 heteroatoms. The predicted octanol–water partition coefficient (Wildman–Crippen LogP) is 3.24. The van der Waals surface area contributed by atoms with Crippen molar-refractivity contribution in [1.29, 1.82) is 0 Å². The number of thioether (sulfide) groups is 1. The van der Waals surface area contributed by atoms with Crippen LogP contribution < -0.4 is 0 Å². The zero-order valence-electron chi connectivity index (χ0n) is 12.7. The second-order valence-corrected chi connectivity index (χ2v) is 5.79. The fraction of sp³-hybridized carbons (Fsp3) is 0.250. The Hall–Kier alpha value is -2.21. The highest BCUT2D eigenvalue weighted by Gasteiger charge is 2.33. The van der Waals surface area contributed by atoms with Crippen LogP contribution in [0.4, 0.5) is 5.69 Å². The van der Waals surface area contributed by atoms with E-state index in [1.165, 1.54) is 11.8 Å². The number of aliphatic imine (C=N–C) groups is 1. The van der Waals surface area contributed by atoms with Crippen LogP contribution in [0.1, 0.15) is 6.92 Å². The quantitative estimate of drug-likeness (QED) is 0.864. The van der Waals surface area contributed by atoms with Crippen LogP contribution in [0, 0.1) is 0 Å². The Morgan fingerprint density at radius 3 is 2.64 bits per heavy atom. The summed E-state index contributed by atoms with van der Waals surface area (Å²) >= 11 is 1.25. The predicted molar refractivity (Wildman–Crippen MR) is 89.2 cm³/mol. The van der Waals surface area contributed by atoms with Gasteiger partial charge in [-0.3, -0.25) is 0 Å². The molecule has 22 heavy (non-hydrogen) atoms. The summed E-state index contributed by atoms with van der Waals surface area (Å²) in [4.78, 5) is 18.9. The molecule has 1 heterocycles. The van der Waals surface area contributed by atoms with E-state index in [0.29, 0.717) is 15.6 Å².